The lowest BCUT2D eigenvalue weighted by Crippen LogP contribution is -2.39. The maximum atomic E-state index is 10.6. The summed E-state index contributed by atoms with van der Waals surface area (Å²) >= 11 is 1.91. The average molecular weight is 190 g/mol. The van der Waals surface area contributed by atoms with Crippen molar-refractivity contribution in [3.05, 3.63) is 0 Å². The van der Waals surface area contributed by atoms with E-state index in [9.17, 15) is 4.79 Å². The highest BCUT2D eigenvalue weighted by Gasteiger charge is 2.05. The number of carbonyl (C=O) groups excluding carboxylic acids is 1. The normalized spacial score (nSPS) is 12.8. The fourth-order valence-corrected chi connectivity index (χ4v) is 1.37. The van der Waals surface area contributed by atoms with Crippen molar-refractivity contribution in [1.82, 2.24) is 5.32 Å². The number of amides is 1. The van der Waals surface area contributed by atoms with Crippen LogP contribution < -0.4 is 11.1 Å². The summed E-state index contributed by atoms with van der Waals surface area (Å²) < 4.78 is 0. The summed E-state index contributed by atoms with van der Waals surface area (Å²) in [6, 6.07) is -0.198. The third kappa shape index (κ3) is 6.49. The molecule has 12 heavy (non-hydrogen) atoms. The molecule has 0 spiro atoms. The van der Waals surface area contributed by atoms with Gasteiger partial charge in [-0.15, -0.1) is 0 Å². The summed E-state index contributed by atoms with van der Waals surface area (Å²) in [4.78, 5) is 10.6. The SMILES string of the molecule is CCSCCCNC(C)C(N)=O. The molecule has 3 N–H and O–H groups in total. The van der Waals surface area contributed by atoms with E-state index in [0.717, 1.165) is 24.5 Å². The second kappa shape index (κ2) is 7.43. The Kier molecular flexibility index (Phi) is 7.29. The molecule has 0 aliphatic carbocycles. The van der Waals surface area contributed by atoms with Crippen LogP contribution >= 0.6 is 11.8 Å². The standard InChI is InChI=1S/C8H18N2OS/c1-3-12-6-4-5-10-7(2)8(9)11/h7,10H,3-6H2,1-2H3,(H2,9,11). The van der Waals surface area contributed by atoms with Crippen molar-refractivity contribution in [2.45, 2.75) is 26.3 Å². The minimum atomic E-state index is -0.279. The highest BCUT2D eigenvalue weighted by atomic mass is 32.2. The Morgan fingerprint density at radius 3 is 2.83 bits per heavy atom. The van der Waals surface area contributed by atoms with Crippen LogP contribution in [-0.2, 0) is 4.79 Å². The first-order chi connectivity index (χ1) is 5.68. The zero-order valence-electron chi connectivity index (χ0n) is 7.80. The molecule has 0 saturated heterocycles. The van der Waals surface area contributed by atoms with Gasteiger partial charge in [0.05, 0.1) is 6.04 Å². The molecule has 0 aromatic heterocycles. The number of hydrogen-bond acceptors (Lipinski definition) is 3. The summed E-state index contributed by atoms with van der Waals surface area (Å²) in [5, 5.41) is 3.05. The summed E-state index contributed by atoms with van der Waals surface area (Å²) in [5.74, 6) is 2.03. The topological polar surface area (TPSA) is 55.1 Å². The molecule has 3 nitrogen and oxygen atoms in total. The molecule has 0 fully saturated rings. The van der Waals surface area contributed by atoms with E-state index in [4.69, 9.17) is 5.73 Å². The molecule has 0 saturated carbocycles. The zero-order chi connectivity index (χ0) is 9.40. The van der Waals surface area contributed by atoms with E-state index in [1.807, 2.05) is 11.8 Å². The van der Waals surface area contributed by atoms with Gasteiger partial charge in [0.25, 0.3) is 0 Å². The highest BCUT2D eigenvalue weighted by Crippen LogP contribution is 1.99. The number of nitrogens with one attached hydrogen (secondary N) is 1. The van der Waals surface area contributed by atoms with Crippen LogP contribution in [0.25, 0.3) is 0 Å². The molecule has 1 amide bonds. The maximum absolute atomic E-state index is 10.6. The number of primary amides is 1. The van der Waals surface area contributed by atoms with Crippen LogP contribution in [0.3, 0.4) is 0 Å². The van der Waals surface area contributed by atoms with Crippen molar-refractivity contribution in [3.8, 4) is 0 Å². The smallest absolute Gasteiger partial charge is 0.234 e. The number of rotatable bonds is 7. The van der Waals surface area contributed by atoms with Crippen LogP contribution in [0.5, 0.6) is 0 Å². The Balaban J connectivity index is 3.14. The van der Waals surface area contributed by atoms with E-state index < -0.39 is 0 Å². The first kappa shape index (κ1) is 11.8. The van der Waals surface area contributed by atoms with Gasteiger partial charge in [0.15, 0.2) is 0 Å². The van der Waals surface area contributed by atoms with Crippen molar-refractivity contribution >= 4 is 17.7 Å². The van der Waals surface area contributed by atoms with Crippen LogP contribution in [0, 0.1) is 0 Å². The lowest BCUT2D eigenvalue weighted by Gasteiger charge is -2.08. The zero-order valence-corrected chi connectivity index (χ0v) is 8.62. The molecule has 0 aliphatic heterocycles. The van der Waals surface area contributed by atoms with Crippen LogP contribution in [-0.4, -0.2) is 30.0 Å². The molecule has 0 bridgehead atoms. The van der Waals surface area contributed by atoms with Crippen LogP contribution in [0.2, 0.25) is 0 Å². The first-order valence-corrected chi connectivity index (χ1v) is 5.44. The fraction of sp³-hybridized carbons (Fsp3) is 0.875. The predicted octanol–water partition coefficient (Wildman–Crippen LogP) is 0.593. The Morgan fingerprint density at radius 2 is 2.33 bits per heavy atom. The van der Waals surface area contributed by atoms with Gasteiger partial charge in [-0.05, 0) is 31.4 Å². The van der Waals surface area contributed by atoms with Crippen LogP contribution in [0.1, 0.15) is 20.3 Å². The van der Waals surface area contributed by atoms with Gasteiger partial charge in [0.1, 0.15) is 0 Å². The van der Waals surface area contributed by atoms with Gasteiger partial charge in [-0.1, -0.05) is 6.92 Å². The second-order valence-electron chi connectivity index (χ2n) is 2.63. The van der Waals surface area contributed by atoms with Gasteiger partial charge in [0, 0.05) is 0 Å². The Labute approximate surface area is 78.5 Å². The number of thioether (sulfide) groups is 1. The van der Waals surface area contributed by atoms with E-state index in [-0.39, 0.29) is 11.9 Å². The molecule has 1 atom stereocenters. The summed E-state index contributed by atoms with van der Waals surface area (Å²) in [6.45, 7) is 4.80. The average Bonchev–Trinajstić information content (AvgIpc) is 2.03. The molecule has 0 rings (SSSR count). The fourth-order valence-electron chi connectivity index (χ4n) is 0.738. The number of hydrogen-bond donors (Lipinski definition) is 2. The predicted molar refractivity (Wildman–Crippen MR) is 54.3 cm³/mol. The minimum Gasteiger partial charge on any atom is -0.368 e. The molecular weight excluding hydrogens is 172 g/mol. The summed E-state index contributed by atoms with van der Waals surface area (Å²) in [5.41, 5.74) is 5.07. The van der Waals surface area contributed by atoms with Gasteiger partial charge >= 0.3 is 0 Å². The van der Waals surface area contributed by atoms with Crippen LogP contribution in [0.15, 0.2) is 0 Å². The molecule has 0 aromatic rings. The van der Waals surface area contributed by atoms with Gasteiger partial charge in [-0.3, -0.25) is 4.79 Å². The monoisotopic (exact) mass is 190 g/mol. The van der Waals surface area contributed by atoms with Crippen molar-refractivity contribution in [2.75, 3.05) is 18.1 Å². The number of carbonyl (C=O) groups is 1. The van der Waals surface area contributed by atoms with Gasteiger partial charge in [-0.2, -0.15) is 11.8 Å². The third-order valence-electron chi connectivity index (χ3n) is 1.55. The minimum absolute atomic E-state index is 0.198. The van der Waals surface area contributed by atoms with Gasteiger partial charge < -0.3 is 11.1 Å². The highest BCUT2D eigenvalue weighted by molar-refractivity contribution is 7.99. The third-order valence-corrected chi connectivity index (χ3v) is 2.53. The summed E-state index contributed by atoms with van der Waals surface area (Å²) in [6.07, 6.45) is 1.09. The van der Waals surface area contributed by atoms with Gasteiger partial charge in [-0.25, -0.2) is 0 Å². The van der Waals surface area contributed by atoms with Crippen LogP contribution in [0.4, 0.5) is 0 Å². The van der Waals surface area contributed by atoms with Gasteiger partial charge in [0.2, 0.25) is 5.91 Å². The molecule has 0 radical (unpaired) electrons. The van der Waals surface area contributed by atoms with E-state index in [1.54, 1.807) is 6.92 Å². The molecule has 0 aromatic carbocycles. The number of nitrogens with two attached hydrogens (primary N) is 1. The Morgan fingerprint density at radius 1 is 1.67 bits per heavy atom. The first-order valence-electron chi connectivity index (χ1n) is 4.29. The van der Waals surface area contributed by atoms with E-state index in [0.29, 0.717) is 0 Å². The van der Waals surface area contributed by atoms with E-state index in [1.165, 1.54) is 0 Å². The molecule has 72 valence electrons. The molecule has 1 unspecified atom stereocenters. The summed E-state index contributed by atoms with van der Waals surface area (Å²) in [7, 11) is 0. The van der Waals surface area contributed by atoms with Crippen molar-refractivity contribution in [2.24, 2.45) is 5.73 Å². The molecule has 0 heterocycles. The quantitative estimate of drug-likeness (QED) is 0.578. The lowest BCUT2D eigenvalue weighted by atomic mass is 10.3. The molecule has 4 heteroatoms. The Bertz CT molecular complexity index is 130. The Hall–Kier alpha value is -0.220. The van der Waals surface area contributed by atoms with E-state index in [2.05, 4.69) is 12.2 Å². The lowest BCUT2D eigenvalue weighted by molar-refractivity contribution is -0.119. The molecule has 0 aliphatic rings. The van der Waals surface area contributed by atoms with E-state index >= 15 is 0 Å². The molecular formula is C8H18N2OS. The van der Waals surface area contributed by atoms with Crippen molar-refractivity contribution in [3.63, 3.8) is 0 Å². The van der Waals surface area contributed by atoms with Crippen molar-refractivity contribution < 1.29 is 4.79 Å². The maximum Gasteiger partial charge on any atom is 0.234 e. The largest absolute Gasteiger partial charge is 0.368 e. The second-order valence-corrected chi connectivity index (χ2v) is 4.02. The van der Waals surface area contributed by atoms with Crippen molar-refractivity contribution in [1.29, 1.82) is 0 Å².